The fraction of sp³-hybridized carbons (Fsp3) is 0.286. The average molecular weight is 430 g/mol. The molecule has 1 fully saturated rings. The monoisotopic (exact) mass is 429 g/mol. The third-order valence-corrected chi connectivity index (χ3v) is 5.35. The molecule has 9 heteroatoms. The molecule has 0 aliphatic carbocycles. The van der Waals surface area contributed by atoms with E-state index >= 15 is 0 Å². The number of fused-ring (bicyclic) bond motifs is 1. The van der Waals surface area contributed by atoms with Crippen LogP contribution in [0.25, 0.3) is 0 Å². The fourth-order valence-electron chi connectivity index (χ4n) is 3.39. The third-order valence-electron chi connectivity index (χ3n) is 5.10. The lowest BCUT2D eigenvalue weighted by Gasteiger charge is -2.25. The number of nitrogens with zero attached hydrogens (tertiary/aromatic N) is 1. The van der Waals surface area contributed by atoms with Gasteiger partial charge in [-0.15, -0.1) is 0 Å². The van der Waals surface area contributed by atoms with Gasteiger partial charge in [0.15, 0.2) is 11.5 Å². The molecule has 4 amide bonds. The molecular formula is C21H20ClN3O5. The average Bonchev–Trinajstić information content (AvgIpc) is 2.97. The van der Waals surface area contributed by atoms with Gasteiger partial charge in [-0.25, -0.2) is 4.79 Å². The highest BCUT2D eigenvalue weighted by atomic mass is 35.5. The van der Waals surface area contributed by atoms with Gasteiger partial charge < -0.3 is 20.1 Å². The molecule has 1 saturated heterocycles. The van der Waals surface area contributed by atoms with Gasteiger partial charge in [0.2, 0.25) is 5.91 Å². The molecule has 4 rings (SSSR count). The van der Waals surface area contributed by atoms with Crippen molar-refractivity contribution in [3.63, 3.8) is 0 Å². The Balaban J connectivity index is 1.44. The van der Waals surface area contributed by atoms with Gasteiger partial charge in [-0.05, 0) is 42.3 Å². The molecule has 2 aromatic rings. The minimum Gasteiger partial charge on any atom is -0.486 e. The number of carbonyl (C=O) groups is 3. The van der Waals surface area contributed by atoms with Crippen molar-refractivity contribution in [1.82, 2.24) is 15.5 Å². The Morgan fingerprint density at radius 2 is 1.83 bits per heavy atom. The molecule has 2 aromatic carbocycles. The van der Waals surface area contributed by atoms with Gasteiger partial charge in [-0.3, -0.25) is 14.5 Å². The normalized spacial score (nSPS) is 20.1. The smallest absolute Gasteiger partial charge is 0.325 e. The van der Waals surface area contributed by atoms with Gasteiger partial charge >= 0.3 is 6.03 Å². The maximum atomic E-state index is 13.0. The number of ether oxygens (including phenoxy) is 2. The molecule has 0 radical (unpaired) electrons. The van der Waals surface area contributed by atoms with Gasteiger partial charge in [-0.1, -0.05) is 29.8 Å². The molecule has 1 atom stereocenters. The summed E-state index contributed by atoms with van der Waals surface area (Å²) in [6.45, 7) is 2.35. The van der Waals surface area contributed by atoms with Crippen LogP contribution in [0.15, 0.2) is 42.5 Å². The second kappa shape index (κ2) is 7.87. The van der Waals surface area contributed by atoms with Crippen LogP contribution in [0.2, 0.25) is 5.02 Å². The topological polar surface area (TPSA) is 97.0 Å². The lowest BCUT2D eigenvalue weighted by molar-refractivity contribution is -0.134. The van der Waals surface area contributed by atoms with Crippen molar-refractivity contribution in [3.05, 3.63) is 58.6 Å². The summed E-state index contributed by atoms with van der Waals surface area (Å²) in [6, 6.07) is 11.5. The van der Waals surface area contributed by atoms with Gasteiger partial charge in [0.05, 0.1) is 0 Å². The quantitative estimate of drug-likeness (QED) is 0.710. The molecule has 0 saturated carbocycles. The summed E-state index contributed by atoms with van der Waals surface area (Å²) in [4.78, 5) is 38.7. The van der Waals surface area contributed by atoms with Crippen molar-refractivity contribution < 1.29 is 23.9 Å². The van der Waals surface area contributed by atoms with E-state index in [2.05, 4.69) is 10.6 Å². The van der Waals surface area contributed by atoms with Crippen LogP contribution in [0.1, 0.15) is 18.1 Å². The summed E-state index contributed by atoms with van der Waals surface area (Å²) in [5, 5.41) is 5.99. The molecule has 0 bridgehead atoms. The molecule has 2 N–H and O–H groups in total. The summed E-state index contributed by atoms with van der Waals surface area (Å²) in [6.07, 6.45) is 0. The lowest BCUT2D eigenvalue weighted by Crippen LogP contribution is -2.43. The van der Waals surface area contributed by atoms with Crippen LogP contribution in [-0.4, -0.2) is 42.5 Å². The first-order chi connectivity index (χ1) is 14.4. The highest BCUT2D eigenvalue weighted by Gasteiger charge is 2.49. The number of amides is 4. The zero-order valence-corrected chi connectivity index (χ0v) is 17.0. The lowest BCUT2D eigenvalue weighted by atomic mass is 9.91. The summed E-state index contributed by atoms with van der Waals surface area (Å²) in [5.41, 5.74) is 0.101. The molecule has 2 aliphatic rings. The van der Waals surface area contributed by atoms with Crippen LogP contribution in [0.4, 0.5) is 4.79 Å². The summed E-state index contributed by atoms with van der Waals surface area (Å²) in [7, 11) is 0. The van der Waals surface area contributed by atoms with E-state index in [4.69, 9.17) is 21.1 Å². The summed E-state index contributed by atoms with van der Waals surface area (Å²) >= 11 is 5.85. The van der Waals surface area contributed by atoms with Crippen LogP contribution >= 0.6 is 11.6 Å². The number of hydrogen-bond donors (Lipinski definition) is 2. The maximum Gasteiger partial charge on any atom is 0.325 e. The van der Waals surface area contributed by atoms with Gasteiger partial charge in [-0.2, -0.15) is 0 Å². The van der Waals surface area contributed by atoms with Crippen molar-refractivity contribution in [2.75, 3.05) is 19.8 Å². The van der Waals surface area contributed by atoms with E-state index in [1.54, 1.807) is 49.4 Å². The molecule has 1 unspecified atom stereocenters. The molecule has 30 heavy (non-hydrogen) atoms. The summed E-state index contributed by atoms with van der Waals surface area (Å²) < 4.78 is 11.1. The number of urea groups is 1. The van der Waals surface area contributed by atoms with Crippen molar-refractivity contribution in [2.24, 2.45) is 0 Å². The van der Waals surface area contributed by atoms with E-state index in [9.17, 15) is 14.4 Å². The van der Waals surface area contributed by atoms with E-state index in [0.29, 0.717) is 35.3 Å². The van der Waals surface area contributed by atoms with Crippen molar-refractivity contribution in [2.45, 2.75) is 19.0 Å². The summed E-state index contributed by atoms with van der Waals surface area (Å²) in [5.74, 6) is 0.149. The highest BCUT2D eigenvalue weighted by Crippen LogP contribution is 2.36. The minimum atomic E-state index is -1.30. The molecule has 0 aromatic heterocycles. The number of carbonyl (C=O) groups excluding carboxylic acids is 3. The number of halogens is 1. The number of nitrogens with one attached hydrogen (secondary N) is 2. The molecule has 2 heterocycles. The number of benzene rings is 2. The second-order valence-corrected chi connectivity index (χ2v) is 7.64. The zero-order valence-electron chi connectivity index (χ0n) is 16.2. The first-order valence-corrected chi connectivity index (χ1v) is 9.80. The fourth-order valence-corrected chi connectivity index (χ4v) is 3.52. The Labute approximate surface area is 178 Å². The van der Waals surface area contributed by atoms with Crippen LogP contribution in [0, 0.1) is 0 Å². The van der Waals surface area contributed by atoms with Crippen molar-refractivity contribution in [1.29, 1.82) is 0 Å². The third kappa shape index (κ3) is 3.78. The van der Waals surface area contributed by atoms with E-state index < -0.39 is 23.4 Å². The van der Waals surface area contributed by atoms with Crippen LogP contribution in [0.3, 0.4) is 0 Å². The van der Waals surface area contributed by atoms with Gasteiger partial charge in [0.25, 0.3) is 5.91 Å². The van der Waals surface area contributed by atoms with E-state index in [1.165, 1.54) is 0 Å². The van der Waals surface area contributed by atoms with E-state index in [1.807, 2.05) is 0 Å². The predicted molar refractivity (Wildman–Crippen MR) is 108 cm³/mol. The van der Waals surface area contributed by atoms with Crippen molar-refractivity contribution >= 4 is 29.4 Å². The highest BCUT2D eigenvalue weighted by molar-refractivity contribution is 6.30. The second-order valence-electron chi connectivity index (χ2n) is 7.21. The Hall–Kier alpha value is -3.26. The first-order valence-electron chi connectivity index (χ1n) is 9.42. The van der Waals surface area contributed by atoms with Crippen LogP contribution in [0.5, 0.6) is 11.5 Å². The van der Waals surface area contributed by atoms with Gasteiger partial charge in [0, 0.05) is 11.6 Å². The standard InChI is InChI=1S/C21H20ClN3O5/c1-21(14-4-7-16-17(10-14)30-9-8-29-16)19(27)25(20(28)24-21)12-18(26)23-11-13-2-5-15(22)6-3-13/h2-7,10H,8-9,11-12H2,1H3,(H,23,26)(H,24,28). The Kier molecular flexibility index (Phi) is 5.26. The number of hydrogen-bond acceptors (Lipinski definition) is 5. The molecule has 156 valence electrons. The molecule has 2 aliphatic heterocycles. The van der Waals surface area contributed by atoms with Crippen molar-refractivity contribution in [3.8, 4) is 11.5 Å². The Morgan fingerprint density at radius 3 is 2.57 bits per heavy atom. The van der Waals surface area contributed by atoms with Crippen LogP contribution < -0.4 is 20.1 Å². The molecule has 8 nitrogen and oxygen atoms in total. The van der Waals surface area contributed by atoms with Gasteiger partial charge in [0.1, 0.15) is 25.3 Å². The SMILES string of the molecule is CC1(c2ccc3c(c2)OCCO3)NC(=O)N(CC(=O)NCc2ccc(Cl)cc2)C1=O. The van der Waals surface area contributed by atoms with E-state index in [0.717, 1.165) is 10.5 Å². The Bertz CT molecular complexity index is 1010. The molecule has 0 spiro atoms. The minimum absolute atomic E-state index is 0.263. The largest absolute Gasteiger partial charge is 0.486 e. The maximum absolute atomic E-state index is 13.0. The Morgan fingerprint density at radius 1 is 1.13 bits per heavy atom. The first kappa shape index (κ1) is 20.0. The molecular weight excluding hydrogens is 410 g/mol. The number of rotatable bonds is 5. The predicted octanol–water partition coefficient (Wildman–Crippen LogP) is 2.19. The van der Waals surface area contributed by atoms with E-state index in [-0.39, 0.29) is 13.1 Å². The van der Waals surface area contributed by atoms with Crippen LogP contribution in [-0.2, 0) is 21.7 Å². The zero-order chi connectivity index (χ0) is 21.3. The number of imide groups is 1.